The molecule has 0 fully saturated rings. The van der Waals surface area contributed by atoms with Crippen molar-refractivity contribution in [3.8, 4) is 27.9 Å². The fourth-order valence-corrected chi connectivity index (χ4v) is 6.56. The van der Waals surface area contributed by atoms with Crippen LogP contribution in [0.15, 0.2) is 188 Å². The van der Waals surface area contributed by atoms with Crippen molar-refractivity contribution in [2.45, 2.75) is 12.8 Å². The van der Waals surface area contributed by atoms with Crippen molar-refractivity contribution in [2.75, 3.05) is 4.90 Å². The van der Waals surface area contributed by atoms with Gasteiger partial charge in [-0.25, -0.2) is 0 Å². The van der Waals surface area contributed by atoms with E-state index in [0.717, 1.165) is 29.9 Å². The summed E-state index contributed by atoms with van der Waals surface area (Å²) in [6.07, 6.45) is 13.3. The third kappa shape index (κ3) is 5.25. The smallest absolute Gasteiger partial charge is 0.0541 e. The predicted octanol–water partition coefficient (Wildman–Crippen LogP) is 12.0. The Kier molecular flexibility index (Phi) is 7.38. The van der Waals surface area contributed by atoms with Crippen LogP contribution < -0.4 is 4.90 Å². The number of anilines is 2. The summed E-state index contributed by atoms with van der Waals surface area (Å²) in [6, 6.07) is 54.6. The van der Waals surface area contributed by atoms with Crippen molar-refractivity contribution in [3.63, 3.8) is 0 Å². The van der Waals surface area contributed by atoms with E-state index in [2.05, 4.69) is 192 Å². The maximum absolute atomic E-state index is 2.36. The standard InChI is InChI=1S/C44H34N2/c1-2-8-16-37(17-9-3-1)45(39-27-22-34(23-28-39)33-14-6-4-7-15-33)40-29-24-35(25-30-40)36-26-31-44-42(32-36)41-20-12-13-21-43(41)46(44)38-18-10-5-11-19-38/h2,4-32H,1,3H2/b8-2-,17-9-,37-16+. The van der Waals surface area contributed by atoms with Gasteiger partial charge < -0.3 is 9.47 Å². The van der Waals surface area contributed by atoms with Gasteiger partial charge in [0, 0.05) is 33.5 Å². The molecule has 0 N–H and O–H groups in total. The van der Waals surface area contributed by atoms with Gasteiger partial charge in [-0.1, -0.05) is 115 Å². The lowest BCUT2D eigenvalue weighted by Gasteiger charge is -2.27. The average molecular weight is 591 g/mol. The molecular formula is C44H34N2. The number of rotatable bonds is 6. The van der Waals surface area contributed by atoms with Crippen molar-refractivity contribution >= 4 is 33.2 Å². The van der Waals surface area contributed by atoms with E-state index in [4.69, 9.17) is 0 Å². The predicted molar refractivity (Wildman–Crippen MR) is 196 cm³/mol. The lowest BCUT2D eigenvalue weighted by molar-refractivity contribution is 1.04. The van der Waals surface area contributed by atoms with E-state index >= 15 is 0 Å². The number of hydrogen-bond acceptors (Lipinski definition) is 1. The van der Waals surface area contributed by atoms with Crippen LogP contribution in [0.5, 0.6) is 0 Å². The van der Waals surface area contributed by atoms with Gasteiger partial charge in [-0.15, -0.1) is 0 Å². The number of hydrogen-bond donors (Lipinski definition) is 0. The van der Waals surface area contributed by atoms with Gasteiger partial charge in [0.2, 0.25) is 0 Å². The lowest BCUT2D eigenvalue weighted by Crippen LogP contribution is -2.15. The average Bonchev–Trinajstić information content (AvgIpc) is 3.44. The summed E-state index contributed by atoms with van der Waals surface area (Å²) in [7, 11) is 0. The second kappa shape index (κ2) is 12.3. The highest BCUT2D eigenvalue weighted by molar-refractivity contribution is 6.10. The molecule has 2 heteroatoms. The van der Waals surface area contributed by atoms with Gasteiger partial charge in [0.1, 0.15) is 0 Å². The van der Waals surface area contributed by atoms with Gasteiger partial charge in [-0.2, -0.15) is 0 Å². The molecule has 46 heavy (non-hydrogen) atoms. The van der Waals surface area contributed by atoms with Crippen LogP contribution in [0.4, 0.5) is 11.4 Å². The molecule has 0 radical (unpaired) electrons. The first-order valence-electron chi connectivity index (χ1n) is 16.0. The van der Waals surface area contributed by atoms with Gasteiger partial charge in [-0.3, -0.25) is 0 Å². The molecule has 0 saturated carbocycles. The first-order chi connectivity index (χ1) is 22.8. The number of benzene rings is 6. The van der Waals surface area contributed by atoms with E-state index in [9.17, 15) is 0 Å². The van der Waals surface area contributed by atoms with Gasteiger partial charge in [0.25, 0.3) is 0 Å². The normalized spacial score (nSPS) is 15.5. The molecule has 0 atom stereocenters. The van der Waals surface area contributed by atoms with Gasteiger partial charge in [0.05, 0.1) is 11.0 Å². The van der Waals surface area contributed by atoms with Crippen LogP contribution >= 0.6 is 0 Å². The lowest BCUT2D eigenvalue weighted by atomic mass is 10.0. The Labute approximate surface area is 270 Å². The molecule has 2 nitrogen and oxygen atoms in total. The quantitative estimate of drug-likeness (QED) is 0.187. The number of aromatic nitrogens is 1. The largest absolute Gasteiger partial charge is 0.311 e. The summed E-state index contributed by atoms with van der Waals surface area (Å²) >= 11 is 0. The van der Waals surface area contributed by atoms with Crippen LogP contribution in [0.1, 0.15) is 12.8 Å². The van der Waals surface area contributed by atoms with Gasteiger partial charge in [-0.05, 0) is 102 Å². The van der Waals surface area contributed by atoms with E-state index in [1.54, 1.807) is 0 Å². The zero-order valence-corrected chi connectivity index (χ0v) is 25.6. The van der Waals surface area contributed by atoms with Crippen LogP contribution in [0.3, 0.4) is 0 Å². The molecule has 1 aromatic heterocycles. The Hall–Kier alpha value is -5.86. The molecule has 0 amide bonds. The maximum atomic E-state index is 2.36. The Balaban J connectivity index is 1.18. The highest BCUT2D eigenvalue weighted by Crippen LogP contribution is 2.37. The SMILES string of the molecule is C1=C/CC\C=C/C(N(c2ccc(-c3ccccc3)cc2)c2ccc(-c3ccc4c(c3)c3ccccc3n4-c3ccccc3)cc2)=C\1. The van der Waals surface area contributed by atoms with Crippen LogP contribution in [0.25, 0.3) is 49.7 Å². The molecular weight excluding hydrogens is 556 g/mol. The van der Waals surface area contributed by atoms with Crippen molar-refractivity contribution in [1.82, 2.24) is 4.57 Å². The van der Waals surface area contributed by atoms with E-state index in [1.807, 2.05) is 0 Å². The molecule has 1 aliphatic carbocycles. The Bertz CT molecular complexity index is 2220. The summed E-state index contributed by atoms with van der Waals surface area (Å²) in [4.78, 5) is 2.35. The highest BCUT2D eigenvalue weighted by Gasteiger charge is 2.16. The molecule has 220 valence electrons. The summed E-state index contributed by atoms with van der Waals surface area (Å²) in [5, 5.41) is 2.53. The maximum Gasteiger partial charge on any atom is 0.0541 e. The molecule has 0 unspecified atom stereocenters. The van der Waals surface area contributed by atoms with Crippen molar-refractivity contribution in [2.24, 2.45) is 0 Å². The third-order valence-electron chi connectivity index (χ3n) is 8.83. The van der Waals surface area contributed by atoms with Gasteiger partial charge in [0.15, 0.2) is 0 Å². The highest BCUT2D eigenvalue weighted by atomic mass is 15.1. The first-order valence-corrected chi connectivity index (χ1v) is 16.0. The van der Waals surface area contributed by atoms with Crippen molar-refractivity contribution in [1.29, 1.82) is 0 Å². The fourth-order valence-electron chi connectivity index (χ4n) is 6.56. The van der Waals surface area contributed by atoms with E-state index in [0.29, 0.717) is 0 Å². The number of para-hydroxylation sites is 2. The topological polar surface area (TPSA) is 8.17 Å². The summed E-state index contributed by atoms with van der Waals surface area (Å²) in [5.41, 5.74) is 11.9. The molecule has 0 bridgehead atoms. The fraction of sp³-hybridized carbons (Fsp3) is 0.0455. The molecule has 6 aromatic carbocycles. The summed E-state index contributed by atoms with van der Waals surface area (Å²) in [6.45, 7) is 0. The van der Waals surface area contributed by atoms with Crippen molar-refractivity contribution < 1.29 is 0 Å². The second-order valence-corrected chi connectivity index (χ2v) is 11.7. The minimum Gasteiger partial charge on any atom is -0.311 e. The molecule has 7 aromatic rings. The Morgan fingerprint density at radius 1 is 0.457 bits per heavy atom. The Morgan fingerprint density at radius 3 is 1.76 bits per heavy atom. The molecule has 0 aliphatic heterocycles. The number of fused-ring (bicyclic) bond motifs is 3. The zero-order chi connectivity index (χ0) is 30.7. The molecule has 8 rings (SSSR count). The second-order valence-electron chi connectivity index (χ2n) is 11.7. The number of nitrogens with zero attached hydrogens (tertiary/aromatic N) is 2. The molecule has 0 spiro atoms. The van der Waals surface area contributed by atoms with E-state index in [1.165, 1.54) is 49.7 Å². The molecule has 1 aliphatic rings. The minimum absolute atomic E-state index is 1.04. The number of allylic oxidation sites excluding steroid dienone is 5. The first kappa shape index (κ1) is 27.7. The summed E-state index contributed by atoms with van der Waals surface area (Å²) in [5.74, 6) is 0. The molecule has 1 heterocycles. The molecule has 0 saturated heterocycles. The van der Waals surface area contributed by atoms with E-state index < -0.39 is 0 Å². The third-order valence-corrected chi connectivity index (χ3v) is 8.83. The summed E-state index contributed by atoms with van der Waals surface area (Å²) < 4.78 is 2.36. The monoisotopic (exact) mass is 590 g/mol. The Morgan fingerprint density at radius 2 is 1.02 bits per heavy atom. The van der Waals surface area contributed by atoms with Gasteiger partial charge >= 0.3 is 0 Å². The zero-order valence-electron chi connectivity index (χ0n) is 25.6. The van der Waals surface area contributed by atoms with Crippen molar-refractivity contribution in [3.05, 3.63) is 188 Å². The van der Waals surface area contributed by atoms with Crippen LogP contribution in [0, 0.1) is 0 Å². The van der Waals surface area contributed by atoms with E-state index in [-0.39, 0.29) is 0 Å². The van der Waals surface area contributed by atoms with Crippen LogP contribution in [-0.2, 0) is 0 Å². The minimum atomic E-state index is 1.04. The van der Waals surface area contributed by atoms with Crippen LogP contribution in [-0.4, -0.2) is 4.57 Å². The van der Waals surface area contributed by atoms with Crippen LogP contribution in [0.2, 0.25) is 0 Å².